The molecule has 0 spiro atoms. The van der Waals surface area contributed by atoms with Crippen molar-refractivity contribution in [1.29, 1.82) is 0 Å². The highest BCUT2D eigenvalue weighted by atomic mass is 28.4. The van der Waals surface area contributed by atoms with Gasteiger partial charge < -0.3 is 9.16 Å². The molecule has 0 rings (SSSR count). The molecule has 0 amide bonds. The van der Waals surface area contributed by atoms with Crippen LogP contribution in [0.15, 0.2) is 23.8 Å². The molecule has 0 aromatic carbocycles. The first-order valence-corrected chi connectivity index (χ1v) is 14.3. The summed E-state index contributed by atoms with van der Waals surface area (Å²) < 4.78 is 11.5. The number of rotatable bonds is 12. The van der Waals surface area contributed by atoms with Gasteiger partial charge >= 0.3 is 5.97 Å². The molecule has 0 fully saturated rings. The van der Waals surface area contributed by atoms with Gasteiger partial charge in [-0.15, -0.1) is 0 Å². The molecule has 0 saturated carbocycles. The van der Waals surface area contributed by atoms with E-state index in [-0.39, 0.29) is 29.5 Å². The van der Waals surface area contributed by atoms with Gasteiger partial charge in [-0.3, -0.25) is 14.4 Å². The zero-order chi connectivity index (χ0) is 24.6. The average Bonchev–Trinajstić information content (AvgIpc) is 2.67. The van der Waals surface area contributed by atoms with Crippen molar-refractivity contribution in [3.8, 4) is 0 Å². The number of hydrogen-bond acceptors (Lipinski definition) is 5. The summed E-state index contributed by atoms with van der Waals surface area (Å²) in [6.45, 7) is 22.3. The summed E-state index contributed by atoms with van der Waals surface area (Å²) in [6.07, 6.45) is 6.30. The minimum absolute atomic E-state index is 0.117. The van der Waals surface area contributed by atoms with Crippen LogP contribution in [0.5, 0.6) is 0 Å². The monoisotopic (exact) mass is 452 g/mol. The highest BCUT2D eigenvalue weighted by molar-refractivity contribution is 6.74. The van der Waals surface area contributed by atoms with Gasteiger partial charge in [0, 0.05) is 0 Å². The van der Waals surface area contributed by atoms with Crippen molar-refractivity contribution in [1.82, 2.24) is 0 Å². The maximum absolute atomic E-state index is 12.4. The molecule has 5 nitrogen and oxygen atoms in total. The van der Waals surface area contributed by atoms with E-state index in [0.717, 1.165) is 12.0 Å². The van der Waals surface area contributed by atoms with Gasteiger partial charge in [0.1, 0.15) is 5.92 Å². The van der Waals surface area contributed by atoms with Gasteiger partial charge in [-0.2, -0.15) is 0 Å². The predicted octanol–water partition coefficient (Wildman–Crippen LogP) is 5.90. The van der Waals surface area contributed by atoms with Crippen LogP contribution in [0.2, 0.25) is 18.1 Å². The van der Waals surface area contributed by atoms with Crippen LogP contribution >= 0.6 is 0 Å². The average molecular weight is 453 g/mol. The molecule has 6 heteroatoms. The lowest BCUT2D eigenvalue weighted by atomic mass is 9.91. The summed E-state index contributed by atoms with van der Waals surface area (Å²) in [7, 11) is -1.87. The normalized spacial score (nSPS) is 17.2. The standard InChI is InChI=1S/C25H44O5Si/c1-12-22(30-31(10,11)25(7,8)9)18(4)16-17(3)14-15-21(26)19(5)23(27)20(6)24(28)29-13-2/h14-16,18-20,22H,12-13H2,1-11H3/b15-14+,17-16+/t18-,19?,20?,22+/m0/s1. The van der Waals surface area contributed by atoms with Crippen LogP contribution in [0.3, 0.4) is 0 Å². The lowest BCUT2D eigenvalue weighted by Gasteiger charge is -2.40. The van der Waals surface area contributed by atoms with Crippen LogP contribution < -0.4 is 0 Å². The summed E-state index contributed by atoms with van der Waals surface area (Å²) in [5.74, 6) is -2.95. The van der Waals surface area contributed by atoms with E-state index in [1.165, 1.54) is 19.9 Å². The molecule has 0 aromatic rings. The third-order valence-electron chi connectivity index (χ3n) is 6.20. The molecule has 0 radical (unpaired) electrons. The molecule has 4 atom stereocenters. The second kappa shape index (κ2) is 12.5. The third-order valence-corrected chi connectivity index (χ3v) is 10.7. The molecule has 31 heavy (non-hydrogen) atoms. The molecular formula is C25H44O5Si. The van der Waals surface area contributed by atoms with Gasteiger partial charge in [-0.25, -0.2) is 0 Å². The first kappa shape index (κ1) is 29.5. The maximum Gasteiger partial charge on any atom is 0.316 e. The molecule has 0 bridgehead atoms. The van der Waals surface area contributed by atoms with Crippen LogP contribution in [-0.4, -0.2) is 38.6 Å². The van der Waals surface area contributed by atoms with Crippen LogP contribution in [0.1, 0.15) is 68.7 Å². The van der Waals surface area contributed by atoms with E-state index in [2.05, 4.69) is 53.8 Å². The molecule has 0 saturated heterocycles. The Morgan fingerprint density at radius 2 is 1.52 bits per heavy atom. The molecule has 0 heterocycles. The van der Waals surface area contributed by atoms with Gasteiger partial charge in [-0.05, 0) is 64.2 Å². The summed E-state index contributed by atoms with van der Waals surface area (Å²) in [5, 5.41) is 0.147. The minimum atomic E-state index is -1.87. The van der Waals surface area contributed by atoms with Crippen molar-refractivity contribution in [2.24, 2.45) is 17.8 Å². The molecule has 0 aromatic heterocycles. The molecule has 2 unspecified atom stereocenters. The van der Waals surface area contributed by atoms with E-state index in [4.69, 9.17) is 9.16 Å². The zero-order valence-electron chi connectivity index (χ0n) is 21.5. The predicted molar refractivity (Wildman–Crippen MR) is 129 cm³/mol. The number of esters is 1. The number of Topliss-reactive ketones (excluding diaryl/α,β-unsaturated/α-hetero) is 1. The van der Waals surface area contributed by atoms with E-state index < -0.39 is 31.9 Å². The molecule has 0 N–H and O–H groups in total. The van der Waals surface area contributed by atoms with Crippen molar-refractivity contribution in [2.45, 2.75) is 93.0 Å². The van der Waals surface area contributed by atoms with Crippen molar-refractivity contribution in [3.05, 3.63) is 23.8 Å². The van der Waals surface area contributed by atoms with Crippen LogP contribution in [0, 0.1) is 17.8 Å². The number of ketones is 2. The van der Waals surface area contributed by atoms with E-state index in [9.17, 15) is 14.4 Å². The fourth-order valence-electron chi connectivity index (χ4n) is 2.95. The Labute approximate surface area is 190 Å². The number of carbonyl (C=O) groups is 3. The summed E-state index contributed by atoms with van der Waals surface area (Å²) >= 11 is 0. The summed E-state index contributed by atoms with van der Waals surface area (Å²) in [4.78, 5) is 36.6. The Hall–Kier alpha value is -1.53. The van der Waals surface area contributed by atoms with Crippen molar-refractivity contribution < 1.29 is 23.5 Å². The molecular weight excluding hydrogens is 408 g/mol. The maximum atomic E-state index is 12.4. The van der Waals surface area contributed by atoms with Gasteiger partial charge in [0.2, 0.25) is 0 Å². The first-order valence-electron chi connectivity index (χ1n) is 11.4. The van der Waals surface area contributed by atoms with Crippen molar-refractivity contribution in [2.75, 3.05) is 6.61 Å². The SMILES string of the molecule is CCOC(=O)C(C)C(=O)C(C)C(=O)/C=C/C(C)=C/[C@H](C)[C@@H](CC)O[Si](C)(C)C(C)(C)C. The first-order chi connectivity index (χ1) is 14.1. The Kier molecular flexibility index (Phi) is 11.9. The fraction of sp³-hybridized carbons (Fsp3) is 0.720. The van der Waals surface area contributed by atoms with E-state index in [1.807, 2.05) is 6.92 Å². The van der Waals surface area contributed by atoms with Gasteiger partial charge in [0.05, 0.1) is 18.6 Å². The zero-order valence-corrected chi connectivity index (χ0v) is 22.5. The summed E-state index contributed by atoms with van der Waals surface area (Å²) in [6, 6.07) is 0. The van der Waals surface area contributed by atoms with E-state index >= 15 is 0 Å². The Balaban J connectivity index is 5.17. The molecule has 178 valence electrons. The fourth-order valence-corrected chi connectivity index (χ4v) is 4.44. The van der Waals surface area contributed by atoms with Gasteiger partial charge in [0.25, 0.3) is 0 Å². The van der Waals surface area contributed by atoms with Crippen LogP contribution in [-0.2, 0) is 23.5 Å². The van der Waals surface area contributed by atoms with E-state index in [1.54, 1.807) is 13.0 Å². The topological polar surface area (TPSA) is 69.7 Å². The van der Waals surface area contributed by atoms with Crippen molar-refractivity contribution >= 4 is 25.9 Å². The molecule has 0 aliphatic heterocycles. The van der Waals surface area contributed by atoms with Crippen molar-refractivity contribution in [3.63, 3.8) is 0 Å². The number of ether oxygens (including phenoxy) is 1. The quantitative estimate of drug-likeness (QED) is 0.121. The van der Waals surface area contributed by atoms with E-state index in [0.29, 0.717) is 0 Å². The lowest BCUT2D eigenvalue weighted by molar-refractivity contribution is -0.151. The van der Waals surface area contributed by atoms with Crippen LogP contribution in [0.4, 0.5) is 0 Å². The van der Waals surface area contributed by atoms with Gasteiger partial charge in [0.15, 0.2) is 19.9 Å². The Morgan fingerprint density at radius 3 is 1.97 bits per heavy atom. The highest BCUT2D eigenvalue weighted by Gasteiger charge is 2.39. The smallest absolute Gasteiger partial charge is 0.316 e. The van der Waals surface area contributed by atoms with Crippen LogP contribution in [0.25, 0.3) is 0 Å². The molecule has 0 aliphatic rings. The third kappa shape index (κ3) is 9.24. The number of allylic oxidation sites excluding steroid dienone is 3. The lowest BCUT2D eigenvalue weighted by Crippen LogP contribution is -2.45. The Bertz CT molecular complexity index is 685. The summed E-state index contributed by atoms with van der Waals surface area (Å²) in [5.41, 5.74) is 0.941. The Morgan fingerprint density at radius 1 is 0.968 bits per heavy atom. The highest BCUT2D eigenvalue weighted by Crippen LogP contribution is 2.38. The van der Waals surface area contributed by atoms with Gasteiger partial charge in [-0.1, -0.05) is 52.3 Å². The molecule has 0 aliphatic carbocycles. The second-order valence-electron chi connectivity index (χ2n) is 9.93. The minimum Gasteiger partial charge on any atom is -0.465 e. The second-order valence-corrected chi connectivity index (χ2v) is 14.7. The number of hydrogen-bond donors (Lipinski definition) is 0. The number of carbonyl (C=O) groups excluding carboxylic acids is 3. The largest absolute Gasteiger partial charge is 0.465 e.